The molecule has 0 bridgehead atoms. The lowest BCUT2D eigenvalue weighted by Gasteiger charge is -2.51. The number of carbonyl (C=O) groups excluding carboxylic acids is 4. The molecule has 9 fully saturated rings. The first-order chi connectivity index (χ1) is 54.9. The first-order valence-electron chi connectivity index (χ1n) is 35.6. The van der Waals surface area contributed by atoms with Crippen LogP contribution in [-0.4, -0.2) is 484 Å². The molecule has 0 aliphatic carbocycles. The van der Waals surface area contributed by atoms with Crippen LogP contribution < -0.4 is 21.3 Å². The van der Waals surface area contributed by atoms with Crippen LogP contribution in [0.4, 0.5) is 0 Å². The lowest BCUT2D eigenvalue weighted by Crippen LogP contribution is -2.72. The molecule has 4 amide bonds. The second kappa shape index (κ2) is 39.7. The number of aliphatic carboxylic acids is 5. The van der Waals surface area contributed by atoms with Crippen molar-refractivity contribution in [2.24, 2.45) is 0 Å². The Morgan fingerprint density at radius 1 is 0.231 bits per heavy atom. The van der Waals surface area contributed by atoms with Crippen molar-refractivity contribution in [3.05, 3.63) is 0 Å². The van der Waals surface area contributed by atoms with Gasteiger partial charge in [0.25, 0.3) is 0 Å². The summed E-state index contributed by atoms with van der Waals surface area (Å²) < 4.78 is 95.9. The van der Waals surface area contributed by atoms with E-state index in [0.29, 0.717) is 0 Å². The summed E-state index contributed by atoms with van der Waals surface area (Å²) in [6, 6.07) is -8.37. The van der Waals surface area contributed by atoms with Gasteiger partial charge in [0.2, 0.25) is 23.6 Å². The van der Waals surface area contributed by atoms with E-state index in [1.165, 1.54) is 0 Å². The lowest BCUT2D eigenvalue weighted by molar-refractivity contribution is -0.381. The molecule has 0 radical (unpaired) electrons. The number of hydrogen-bond acceptors (Lipinski definition) is 46. The van der Waals surface area contributed by atoms with Crippen molar-refractivity contribution in [2.75, 3.05) is 26.4 Å². The van der Waals surface area contributed by atoms with Crippen molar-refractivity contribution in [3.8, 4) is 0 Å². The van der Waals surface area contributed by atoms with E-state index in [9.17, 15) is 171 Å². The fraction of sp³-hybridized carbons (Fsp3) is 0.855. The van der Waals surface area contributed by atoms with E-state index >= 15 is 0 Å². The van der Waals surface area contributed by atoms with Crippen LogP contribution in [0.15, 0.2) is 0 Å². The standard InChI is InChI=1S/C62H94N4O51/c1-9(71)63-17-36(106-59-32(86)25(79)26(80)44(114-59)49(90)91)21(75)13(5-67)102-56(17)111-41-28(82)34(88)61(116-46(41)51(94)95)108-38-19(65-11(3)73)58(104-15(7-69)23(38)77)113-43-30(84)35(89)62(117-48(43)53(98)99)109-39-20(66-12(4)74)57(103-16(8-70)24(39)78)112-42-29(83)33(87)60(115-47(42)52(96)97)107-37-18(64-10(2)72)55(101-14(6-68)22(37)76)110-40-27(81)31(85)54(100)105-45(40)50(92)93/h13-48,54-62,67-70,75-89,100H,5-8H2,1-4H3,(H,63,71)(H,64,72)(H,65,73)(H,66,74)(H,90,91)(H,92,93)(H,94,95)(H,96,97)(H,98,99)/t13-,14-,15-,16-,17-,18-,19-,20-,21-,22-,23-,24-,25+,26+,27-,28-,29-,30-,31-,32-,33-,34-,35-,36-,37-,38-,39-,40+,41+,42+,43+,44+,45+,46+,47+,48+,54?,55+,56+,57+,58+,59-,60-,61-,62-/m1/s1. The molecule has 668 valence electrons. The van der Waals surface area contributed by atoms with Gasteiger partial charge in [-0.3, -0.25) is 19.2 Å². The van der Waals surface area contributed by atoms with Crippen molar-refractivity contribution in [1.82, 2.24) is 21.3 Å². The van der Waals surface area contributed by atoms with Crippen LogP contribution in [0, 0.1) is 0 Å². The van der Waals surface area contributed by atoms with Crippen LogP contribution in [-0.2, 0) is 124 Å². The highest BCUT2D eigenvalue weighted by Gasteiger charge is 2.63. The topological polar surface area (TPSA) is 864 Å². The predicted molar refractivity (Wildman–Crippen MR) is 346 cm³/mol. The average molecular weight is 1710 g/mol. The van der Waals surface area contributed by atoms with E-state index in [-0.39, 0.29) is 0 Å². The number of amides is 4. The zero-order valence-electron chi connectivity index (χ0n) is 61.1. The van der Waals surface area contributed by atoms with Gasteiger partial charge in [0.05, 0.1) is 26.4 Å². The van der Waals surface area contributed by atoms with Gasteiger partial charge in [-0.2, -0.15) is 0 Å². The van der Waals surface area contributed by atoms with Crippen molar-refractivity contribution in [1.29, 1.82) is 0 Å². The normalized spacial score (nSPS) is 47.1. The van der Waals surface area contributed by atoms with Crippen LogP contribution in [0.5, 0.6) is 0 Å². The fourth-order valence-electron chi connectivity index (χ4n) is 14.4. The summed E-state index contributed by atoms with van der Waals surface area (Å²) in [5.74, 6) is -14.4. The summed E-state index contributed by atoms with van der Waals surface area (Å²) in [5.41, 5.74) is 0. The molecule has 117 heavy (non-hydrogen) atoms. The van der Waals surface area contributed by atoms with E-state index in [4.69, 9.17) is 80.5 Å². The van der Waals surface area contributed by atoms with E-state index < -0.39 is 356 Å². The number of carbonyl (C=O) groups is 9. The molecule has 1 unspecified atom stereocenters. The van der Waals surface area contributed by atoms with Gasteiger partial charge < -0.3 is 229 Å². The number of carboxylic acids is 5. The maximum Gasteiger partial charge on any atom is 0.335 e. The summed E-state index contributed by atoms with van der Waals surface area (Å²) >= 11 is 0. The maximum absolute atomic E-state index is 13.3. The Hall–Kier alpha value is -6.25. The second-order valence-corrected chi connectivity index (χ2v) is 28.3. The Morgan fingerprint density at radius 3 is 0.641 bits per heavy atom. The highest BCUT2D eigenvalue weighted by molar-refractivity contribution is 5.77. The highest BCUT2D eigenvalue weighted by Crippen LogP contribution is 2.41. The van der Waals surface area contributed by atoms with Gasteiger partial charge >= 0.3 is 29.8 Å². The Kier molecular flexibility index (Phi) is 32.1. The number of hydrogen-bond donors (Lipinski definition) is 29. The molecule has 0 aromatic rings. The first kappa shape index (κ1) is 94.6. The number of aliphatic hydroxyl groups excluding tert-OH is 20. The molecule has 29 N–H and O–H groups in total. The van der Waals surface area contributed by atoms with Crippen molar-refractivity contribution < 1.29 is 251 Å². The minimum absolute atomic E-state index is 0.813. The third kappa shape index (κ3) is 20.4. The molecule has 0 saturated carbocycles. The number of carboxylic acid groups (broad SMARTS) is 5. The molecule has 9 aliphatic heterocycles. The first-order valence-corrected chi connectivity index (χ1v) is 35.6. The van der Waals surface area contributed by atoms with Crippen LogP contribution in [0.3, 0.4) is 0 Å². The smallest absolute Gasteiger partial charge is 0.335 e. The summed E-state index contributed by atoms with van der Waals surface area (Å²) in [5, 5.41) is 282. The molecule has 55 heteroatoms. The largest absolute Gasteiger partial charge is 0.479 e. The second-order valence-electron chi connectivity index (χ2n) is 28.3. The van der Waals surface area contributed by atoms with Crippen molar-refractivity contribution in [3.63, 3.8) is 0 Å². The molecule has 9 heterocycles. The van der Waals surface area contributed by atoms with Gasteiger partial charge in [-0.15, -0.1) is 0 Å². The lowest BCUT2D eigenvalue weighted by atomic mass is 9.93. The highest BCUT2D eigenvalue weighted by atomic mass is 16.8. The van der Waals surface area contributed by atoms with Crippen LogP contribution in [0.1, 0.15) is 27.7 Å². The monoisotopic (exact) mass is 1710 g/mol. The van der Waals surface area contributed by atoms with Crippen LogP contribution in [0.25, 0.3) is 0 Å². The molecule has 55 nitrogen and oxygen atoms in total. The van der Waals surface area contributed by atoms with Gasteiger partial charge in [-0.1, -0.05) is 0 Å². The number of nitrogens with one attached hydrogen (secondary N) is 4. The third-order valence-corrected chi connectivity index (χ3v) is 20.2. The minimum Gasteiger partial charge on any atom is -0.479 e. The number of rotatable bonds is 29. The molecule has 9 saturated heterocycles. The van der Waals surface area contributed by atoms with Gasteiger partial charge in [-0.05, 0) is 0 Å². The molecule has 9 aliphatic rings. The Morgan fingerprint density at radius 2 is 0.427 bits per heavy atom. The Labute approximate surface area is 654 Å². The van der Waals surface area contributed by atoms with Crippen LogP contribution >= 0.6 is 0 Å². The van der Waals surface area contributed by atoms with E-state index in [1.807, 2.05) is 0 Å². The van der Waals surface area contributed by atoms with Gasteiger partial charge in [0.15, 0.2) is 87.1 Å². The quantitative estimate of drug-likeness (QED) is 0.0331. The molecule has 0 aromatic carbocycles. The third-order valence-electron chi connectivity index (χ3n) is 20.2. The average Bonchev–Trinajstić information content (AvgIpc) is 0.765. The molecular formula is C62H94N4O51. The predicted octanol–water partition coefficient (Wildman–Crippen LogP) is -19.6. The van der Waals surface area contributed by atoms with E-state index in [2.05, 4.69) is 21.3 Å². The molecule has 45 atom stereocenters. The van der Waals surface area contributed by atoms with Gasteiger partial charge in [0.1, 0.15) is 189 Å². The minimum atomic E-state index is -2.71. The van der Waals surface area contributed by atoms with Crippen LogP contribution in [0.2, 0.25) is 0 Å². The molecule has 0 aromatic heterocycles. The summed E-state index contributed by atoms with van der Waals surface area (Å²) in [7, 11) is 0. The molecular weight excluding hydrogens is 1620 g/mol. The zero-order valence-corrected chi connectivity index (χ0v) is 61.1. The Balaban J connectivity index is 0.927. The van der Waals surface area contributed by atoms with Crippen molar-refractivity contribution >= 4 is 53.5 Å². The Bertz CT molecular complexity index is 3410. The zero-order chi connectivity index (χ0) is 86.9. The number of aliphatic hydroxyl groups is 20. The van der Waals surface area contributed by atoms with Crippen molar-refractivity contribution in [2.45, 2.75) is 304 Å². The molecule has 0 spiro atoms. The van der Waals surface area contributed by atoms with E-state index in [0.717, 1.165) is 27.7 Å². The fourth-order valence-corrected chi connectivity index (χ4v) is 14.4. The SMILES string of the molecule is CC(=O)N[C@H]1[C@H](O[C@H]2[C@H](O)[C@@H](O)[C@H](O[C@H]3[C@H](O)[C@@H](CO)O[C@@H](O[C@H]4[C@H](O)[C@@H](O)[C@H](O[C@H]5[C@H](O)[C@@H](CO)O[C@@H](O[C@H]6[C@H](O)[C@@H](O)[C@H](O[C@H]7[C@H](O)[C@@H](CO)O[C@@H](O[C@H]8[C@H](O)[C@@H](O)C(O)O[C@@H]8C(=O)O)[C@@H]7NC(C)=O)O[C@@H]6C(=O)O)[C@@H]5NC(C)=O)O[C@@H]4C(=O)O)[C@@H]3NC(C)=O)O[C@@H]2C(=O)O)O[C@H](CO)[C@@H](O)[C@@H]1O[C@@H]1O[C@H](C(=O)O)[C@@H](O)[C@H](O)[C@H]1O. The van der Waals surface area contributed by atoms with Gasteiger partial charge in [-0.25, -0.2) is 24.0 Å². The summed E-state index contributed by atoms with van der Waals surface area (Å²) in [6.45, 7) is -1.57. The summed E-state index contributed by atoms with van der Waals surface area (Å²) in [6.07, 6.45) is -97.0. The van der Waals surface area contributed by atoms with Gasteiger partial charge in [0, 0.05) is 27.7 Å². The maximum atomic E-state index is 13.3. The van der Waals surface area contributed by atoms with E-state index in [1.54, 1.807) is 0 Å². The molecule has 9 rings (SSSR count). The number of ether oxygens (including phenoxy) is 17. The summed E-state index contributed by atoms with van der Waals surface area (Å²) in [4.78, 5) is 115.